The number of hydrogen-bond donors (Lipinski definition) is 0. The Morgan fingerprint density at radius 2 is 1.57 bits per heavy atom. The zero-order valence-electron chi connectivity index (χ0n) is 16.9. The molecule has 0 atom stereocenters. The minimum atomic E-state index is -0.815. The molecule has 0 unspecified atom stereocenters. The monoisotopic (exact) mass is 384 g/mol. The van der Waals surface area contributed by atoms with Gasteiger partial charge in [0, 0.05) is 23.3 Å². The summed E-state index contributed by atoms with van der Waals surface area (Å²) in [6.07, 6.45) is 3.22. The molecule has 0 radical (unpaired) electrons. The summed E-state index contributed by atoms with van der Waals surface area (Å²) in [6.45, 7) is 11.6. The highest BCUT2D eigenvalue weighted by atomic mass is 16.7. The number of benzene rings is 1. The Kier molecular flexibility index (Phi) is 5.68. The molecule has 148 valence electrons. The number of non-ortho nitro benzene ring substituents is 1. The number of carbonyl (C=O) groups is 2. The maximum Gasteiger partial charge on any atom is 0.366 e. The Morgan fingerprint density at radius 1 is 1.04 bits per heavy atom. The van der Waals surface area contributed by atoms with Crippen molar-refractivity contribution in [2.75, 3.05) is 0 Å². The second-order valence-electron chi connectivity index (χ2n) is 8.65. The molecule has 7 nitrogen and oxygen atoms in total. The molecule has 0 saturated heterocycles. The molecule has 0 heterocycles. The molecule has 0 aliphatic heterocycles. The normalized spacial score (nSPS) is 14.9. The molecule has 0 fully saturated rings. The minimum Gasteiger partial charge on any atom is -0.312 e. The summed E-state index contributed by atoms with van der Waals surface area (Å²) in [5.41, 5.74) is 0.475. The molecule has 1 aromatic carbocycles. The van der Waals surface area contributed by atoms with Crippen molar-refractivity contribution in [3.05, 3.63) is 63.2 Å². The summed E-state index contributed by atoms with van der Waals surface area (Å²) in [7, 11) is 0. The molecular weight excluding hydrogens is 360 g/mol. The first-order valence-electron chi connectivity index (χ1n) is 8.83. The van der Waals surface area contributed by atoms with Gasteiger partial charge in [-0.3, -0.25) is 14.9 Å². The van der Waals surface area contributed by atoms with Crippen LogP contribution in [0.4, 0.5) is 5.69 Å². The Bertz CT molecular complexity index is 889. The van der Waals surface area contributed by atoms with Gasteiger partial charge in [0.15, 0.2) is 5.78 Å². The molecule has 0 N–H and O–H groups in total. The topological polar surface area (TPSA) is 98.9 Å². The average molecular weight is 384 g/mol. The van der Waals surface area contributed by atoms with Crippen molar-refractivity contribution in [1.29, 1.82) is 0 Å². The second kappa shape index (κ2) is 7.50. The number of hydrogen-bond acceptors (Lipinski definition) is 6. The van der Waals surface area contributed by atoms with Crippen molar-refractivity contribution < 1.29 is 19.3 Å². The lowest BCUT2D eigenvalue weighted by atomic mass is 9.72. The highest BCUT2D eigenvalue weighted by molar-refractivity contribution is 6.22. The van der Waals surface area contributed by atoms with Gasteiger partial charge in [-0.05, 0) is 29.0 Å². The Labute approximate surface area is 163 Å². The van der Waals surface area contributed by atoms with Crippen molar-refractivity contribution in [2.24, 2.45) is 16.0 Å². The van der Waals surface area contributed by atoms with Crippen molar-refractivity contribution in [2.45, 2.75) is 41.5 Å². The third-order valence-corrected chi connectivity index (χ3v) is 4.22. The summed E-state index contributed by atoms with van der Waals surface area (Å²) in [4.78, 5) is 40.3. The summed E-state index contributed by atoms with van der Waals surface area (Å²) >= 11 is 0. The van der Waals surface area contributed by atoms with Gasteiger partial charge in [0.2, 0.25) is 0 Å². The van der Waals surface area contributed by atoms with E-state index in [0.29, 0.717) is 16.9 Å². The number of oxime groups is 1. The highest BCUT2D eigenvalue weighted by Crippen LogP contribution is 2.37. The number of Topliss-reactive ketones (excluding diaryl/α,β-unsaturated/α-hetero) is 1. The van der Waals surface area contributed by atoms with E-state index in [1.54, 1.807) is 12.2 Å². The molecule has 1 aliphatic carbocycles. The first-order chi connectivity index (χ1) is 12.8. The molecule has 1 aromatic rings. The Hall–Kier alpha value is -3.09. The maximum absolute atomic E-state index is 12.9. The number of rotatable bonds is 3. The van der Waals surface area contributed by atoms with Gasteiger partial charge in [-0.15, -0.1) is 0 Å². The zero-order chi connectivity index (χ0) is 21.3. The van der Waals surface area contributed by atoms with Gasteiger partial charge >= 0.3 is 5.97 Å². The van der Waals surface area contributed by atoms with Crippen LogP contribution in [0, 0.1) is 20.9 Å². The van der Waals surface area contributed by atoms with Gasteiger partial charge < -0.3 is 4.84 Å². The van der Waals surface area contributed by atoms with Crippen LogP contribution in [0.2, 0.25) is 0 Å². The van der Waals surface area contributed by atoms with Gasteiger partial charge in [0.05, 0.1) is 10.5 Å². The fraction of sp³-hybridized carbons (Fsp3) is 0.381. The van der Waals surface area contributed by atoms with Crippen molar-refractivity contribution >= 4 is 23.2 Å². The molecule has 0 saturated carbocycles. The van der Waals surface area contributed by atoms with Crippen LogP contribution in [0.15, 0.2) is 52.7 Å². The predicted molar refractivity (Wildman–Crippen MR) is 106 cm³/mol. The van der Waals surface area contributed by atoms with E-state index >= 15 is 0 Å². The van der Waals surface area contributed by atoms with Crippen LogP contribution in [0.1, 0.15) is 51.9 Å². The van der Waals surface area contributed by atoms with Crippen molar-refractivity contribution in [1.82, 2.24) is 0 Å². The van der Waals surface area contributed by atoms with E-state index in [4.69, 9.17) is 4.84 Å². The molecular formula is C21H24N2O5. The standard InChI is InChI=1S/C21H24N2O5/c1-20(2,3)16-11-14(12-17(18(16)24)21(4,5)6)22-28-19(25)13-8-7-9-15(10-13)23(26)27/h7-12H,1-6H3. The number of ketones is 1. The summed E-state index contributed by atoms with van der Waals surface area (Å²) in [5.74, 6) is -0.867. The molecule has 2 rings (SSSR count). The van der Waals surface area contributed by atoms with Gasteiger partial charge in [0.1, 0.15) is 5.71 Å². The number of nitro groups is 1. The lowest BCUT2D eigenvalue weighted by molar-refractivity contribution is -0.384. The summed E-state index contributed by atoms with van der Waals surface area (Å²) < 4.78 is 0. The molecule has 0 aromatic heterocycles. The number of nitrogens with zero attached hydrogens (tertiary/aromatic N) is 2. The number of nitro benzene ring substituents is 1. The van der Waals surface area contributed by atoms with E-state index < -0.39 is 21.7 Å². The van der Waals surface area contributed by atoms with E-state index in [9.17, 15) is 19.7 Å². The van der Waals surface area contributed by atoms with Crippen LogP contribution in [-0.4, -0.2) is 22.4 Å². The lowest BCUT2D eigenvalue weighted by Crippen LogP contribution is -2.29. The van der Waals surface area contributed by atoms with E-state index in [1.807, 2.05) is 41.5 Å². The molecule has 7 heteroatoms. The van der Waals surface area contributed by atoms with Crippen LogP contribution in [0.25, 0.3) is 0 Å². The predicted octanol–water partition coefficient (Wildman–Crippen LogP) is 4.64. The fourth-order valence-corrected chi connectivity index (χ4v) is 2.67. The SMILES string of the molecule is CC(C)(C)C1=CC(=NOC(=O)c2cccc([N+](=O)[O-])c2)C=C(C(C)(C)C)C1=O. The molecule has 0 bridgehead atoms. The van der Waals surface area contributed by atoms with Crippen molar-refractivity contribution in [3.63, 3.8) is 0 Å². The summed E-state index contributed by atoms with van der Waals surface area (Å²) in [5, 5.41) is 14.7. The van der Waals surface area contributed by atoms with E-state index in [0.717, 1.165) is 6.07 Å². The van der Waals surface area contributed by atoms with Crippen LogP contribution >= 0.6 is 0 Å². The highest BCUT2D eigenvalue weighted by Gasteiger charge is 2.34. The van der Waals surface area contributed by atoms with Crippen LogP contribution < -0.4 is 0 Å². The van der Waals surface area contributed by atoms with Gasteiger partial charge in [-0.1, -0.05) is 52.8 Å². The van der Waals surface area contributed by atoms with Gasteiger partial charge in [-0.25, -0.2) is 4.79 Å². The van der Waals surface area contributed by atoms with Crippen LogP contribution in [-0.2, 0) is 9.63 Å². The summed E-state index contributed by atoms with van der Waals surface area (Å²) in [6, 6.07) is 5.22. The molecule has 0 amide bonds. The fourth-order valence-electron chi connectivity index (χ4n) is 2.67. The first kappa shape index (κ1) is 21.2. The lowest BCUT2D eigenvalue weighted by Gasteiger charge is -2.30. The van der Waals surface area contributed by atoms with E-state index in [2.05, 4.69) is 5.16 Å². The Balaban J connectivity index is 2.37. The number of allylic oxidation sites excluding steroid dienone is 4. The third-order valence-electron chi connectivity index (χ3n) is 4.22. The van der Waals surface area contributed by atoms with Gasteiger partial charge in [0.25, 0.3) is 5.69 Å². The molecule has 0 spiro atoms. The van der Waals surface area contributed by atoms with Crippen molar-refractivity contribution in [3.8, 4) is 0 Å². The third kappa shape index (κ3) is 4.79. The quantitative estimate of drug-likeness (QED) is 0.327. The van der Waals surface area contributed by atoms with E-state index in [1.165, 1.54) is 18.2 Å². The minimum absolute atomic E-state index is 0.0190. The smallest absolute Gasteiger partial charge is 0.312 e. The number of carbonyl (C=O) groups excluding carboxylic acids is 2. The van der Waals surface area contributed by atoms with E-state index in [-0.39, 0.29) is 17.0 Å². The van der Waals surface area contributed by atoms with Crippen LogP contribution in [0.3, 0.4) is 0 Å². The largest absolute Gasteiger partial charge is 0.366 e. The Morgan fingerprint density at radius 3 is 2.04 bits per heavy atom. The molecule has 1 aliphatic rings. The second-order valence-corrected chi connectivity index (χ2v) is 8.65. The molecule has 28 heavy (non-hydrogen) atoms. The zero-order valence-corrected chi connectivity index (χ0v) is 16.9. The maximum atomic E-state index is 12.9. The first-order valence-corrected chi connectivity index (χ1v) is 8.83. The van der Waals surface area contributed by atoms with Crippen LogP contribution in [0.5, 0.6) is 0 Å². The average Bonchev–Trinajstić information content (AvgIpc) is 2.58. The van der Waals surface area contributed by atoms with Gasteiger partial charge in [-0.2, -0.15) is 0 Å².